The van der Waals surface area contributed by atoms with Crippen molar-refractivity contribution in [2.24, 2.45) is 0 Å². The van der Waals surface area contributed by atoms with Crippen LogP contribution in [0.1, 0.15) is 37.9 Å². The molecule has 0 aliphatic heterocycles. The van der Waals surface area contributed by atoms with Gasteiger partial charge in [0, 0.05) is 17.1 Å². The van der Waals surface area contributed by atoms with Crippen molar-refractivity contribution in [2.75, 3.05) is 0 Å². The molecule has 0 saturated heterocycles. The lowest BCUT2D eigenvalue weighted by atomic mass is 10.2. The van der Waals surface area contributed by atoms with Crippen LogP contribution in [0.15, 0.2) is 55.1 Å². The maximum absolute atomic E-state index is 13.2. The zero-order valence-electron chi connectivity index (χ0n) is 18.7. The standard InChI is InChI=1S/C25H26N4O3/c1-6-20-26-16(2)22(27-20)19-14-18-12-13-21(31-15-17-10-8-7-9-11-17)28-23(18)29(19)24(30)32-25(3,4)5/h6-14H,1,15H2,2-5H3,(H,26,27). The Balaban J connectivity index is 1.80. The molecule has 0 radical (unpaired) electrons. The van der Waals surface area contributed by atoms with E-state index in [9.17, 15) is 4.79 Å². The van der Waals surface area contributed by atoms with Gasteiger partial charge in [0.1, 0.15) is 23.7 Å². The number of hydrogen-bond acceptors (Lipinski definition) is 5. The van der Waals surface area contributed by atoms with E-state index in [1.165, 1.54) is 4.57 Å². The highest BCUT2D eigenvalue weighted by Gasteiger charge is 2.25. The molecule has 1 N–H and O–H groups in total. The molecule has 1 aromatic carbocycles. The molecule has 3 heterocycles. The summed E-state index contributed by atoms with van der Waals surface area (Å²) in [4.78, 5) is 25.6. The Morgan fingerprint density at radius 2 is 1.91 bits per heavy atom. The van der Waals surface area contributed by atoms with Crippen molar-refractivity contribution in [3.8, 4) is 17.3 Å². The van der Waals surface area contributed by atoms with Gasteiger partial charge in [0.15, 0.2) is 5.65 Å². The number of hydrogen-bond donors (Lipinski definition) is 1. The minimum Gasteiger partial charge on any atom is -0.473 e. The number of carbonyl (C=O) groups is 1. The van der Waals surface area contributed by atoms with Crippen molar-refractivity contribution >= 4 is 23.2 Å². The Kier molecular flexibility index (Phi) is 5.57. The molecule has 164 valence electrons. The Hall–Kier alpha value is -3.87. The van der Waals surface area contributed by atoms with E-state index < -0.39 is 11.7 Å². The van der Waals surface area contributed by atoms with Crippen LogP contribution in [0.5, 0.6) is 5.88 Å². The third kappa shape index (κ3) is 4.42. The summed E-state index contributed by atoms with van der Waals surface area (Å²) in [5.74, 6) is 1.04. The number of nitrogens with one attached hydrogen (secondary N) is 1. The number of aromatic nitrogens is 4. The number of aromatic amines is 1. The minimum atomic E-state index is -0.667. The summed E-state index contributed by atoms with van der Waals surface area (Å²) in [5.41, 5.74) is 2.84. The number of rotatable bonds is 5. The second-order valence-corrected chi connectivity index (χ2v) is 8.48. The number of fused-ring (bicyclic) bond motifs is 1. The van der Waals surface area contributed by atoms with Crippen LogP contribution in [0, 0.1) is 6.92 Å². The van der Waals surface area contributed by atoms with Gasteiger partial charge in [-0.2, -0.15) is 4.98 Å². The van der Waals surface area contributed by atoms with Crippen LogP contribution in [0.2, 0.25) is 0 Å². The molecule has 0 amide bonds. The first-order valence-corrected chi connectivity index (χ1v) is 10.4. The average molecular weight is 431 g/mol. The summed E-state index contributed by atoms with van der Waals surface area (Å²) in [7, 11) is 0. The van der Waals surface area contributed by atoms with E-state index in [1.807, 2.05) is 70.2 Å². The number of aryl methyl sites for hydroxylation is 1. The smallest absolute Gasteiger partial charge is 0.420 e. The molecule has 0 aliphatic carbocycles. The van der Waals surface area contributed by atoms with Gasteiger partial charge in [-0.05, 0) is 51.5 Å². The van der Waals surface area contributed by atoms with Crippen LogP contribution in [0.25, 0.3) is 28.5 Å². The van der Waals surface area contributed by atoms with E-state index in [2.05, 4.69) is 21.5 Å². The van der Waals surface area contributed by atoms with Crippen LogP contribution in [0.4, 0.5) is 4.79 Å². The monoisotopic (exact) mass is 430 g/mol. The lowest BCUT2D eigenvalue weighted by Gasteiger charge is -2.20. The zero-order chi connectivity index (χ0) is 22.9. The van der Waals surface area contributed by atoms with Gasteiger partial charge in [0.05, 0.1) is 5.69 Å². The molecule has 0 atom stereocenters. The van der Waals surface area contributed by atoms with Crippen molar-refractivity contribution in [3.63, 3.8) is 0 Å². The van der Waals surface area contributed by atoms with Crippen molar-refractivity contribution in [1.29, 1.82) is 0 Å². The van der Waals surface area contributed by atoms with E-state index in [0.29, 0.717) is 35.3 Å². The molecule has 0 unspecified atom stereocenters. The van der Waals surface area contributed by atoms with Gasteiger partial charge in [0.25, 0.3) is 0 Å². The number of H-pyrrole nitrogens is 1. The highest BCUT2D eigenvalue weighted by Crippen LogP contribution is 2.31. The third-order valence-corrected chi connectivity index (χ3v) is 4.77. The molecule has 4 aromatic rings. The van der Waals surface area contributed by atoms with Gasteiger partial charge in [-0.3, -0.25) is 0 Å². The molecule has 0 saturated carbocycles. The molecular formula is C25H26N4O3. The zero-order valence-corrected chi connectivity index (χ0v) is 18.7. The Labute approximate surface area is 186 Å². The Morgan fingerprint density at radius 1 is 1.16 bits per heavy atom. The molecule has 32 heavy (non-hydrogen) atoms. The molecular weight excluding hydrogens is 404 g/mol. The first kappa shape index (κ1) is 21.4. The van der Waals surface area contributed by atoms with Crippen molar-refractivity contribution in [1.82, 2.24) is 19.5 Å². The van der Waals surface area contributed by atoms with Crippen LogP contribution in [0.3, 0.4) is 0 Å². The van der Waals surface area contributed by atoms with Crippen LogP contribution >= 0.6 is 0 Å². The summed E-state index contributed by atoms with van der Waals surface area (Å²) in [6.07, 6.45) is 1.10. The van der Waals surface area contributed by atoms with Gasteiger partial charge in [0.2, 0.25) is 5.88 Å². The van der Waals surface area contributed by atoms with Crippen molar-refractivity contribution in [2.45, 2.75) is 39.9 Å². The normalized spacial score (nSPS) is 11.5. The Morgan fingerprint density at radius 3 is 2.56 bits per heavy atom. The maximum atomic E-state index is 13.2. The summed E-state index contributed by atoms with van der Waals surface area (Å²) in [6.45, 7) is 11.5. The van der Waals surface area contributed by atoms with Gasteiger partial charge >= 0.3 is 6.09 Å². The second-order valence-electron chi connectivity index (χ2n) is 8.48. The fourth-order valence-electron chi connectivity index (χ4n) is 3.37. The first-order valence-electron chi connectivity index (χ1n) is 10.4. The van der Waals surface area contributed by atoms with E-state index >= 15 is 0 Å². The lowest BCUT2D eigenvalue weighted by molar-refractivity contribution is 0.0546. The summed E-state index contributed by atoms with van der Waals surface area (Å²) in [6, 6.07) is 15.4. The fraction of sp³-hybridized carbons (Fsp3) is 0.240. The SMILES string of the molecule is C=Cc1nc(-c2cc3ccc(OCc4ccccc4)nc3n2C(=O)OC(C)(C)C)c(C)[nH]1. The van der Waals surface area contributed by atoms with E-state index in [-0.39, 0.29) is 0 Å². The van der Waals surface area contributed by atoms with Crippen molar-refractivity contribution in [3.05, 3.63) is 72.2 Å². The van der Waals surface area contributed by atoms with Gasteiger partial charge < -0.3 is 14.5 Å². The number of pyridine rings is 1. The lowest BCUT2D eigenvalue weighted by Crippen LogP contribution is -2.27. The van der Waals surface area contributed by atoms with Crippen LogP contribution in [-0.2, 0) is 11.3 Å². The van der Waals surface area contributed by atoms with E-state index in [0.717, 1.165) is 16.6 Å². The van der Waals surface area contributed by atoms with Crippen LogP contribution in [-0.4, -0.2) is 31.2 Å². The molecule has 0 spiro atoms. The summed E-state index contributed by atoms with van der Waals surface area (Å²) in [5, 5.41) is 0.778. The quantitative estimate of drug-likeness (QED) is 0.437. The third-order valence-electron chi connectivity index (χ3n) is 4.77. The average Bonchev–Trinajstić information content (AvgIpc) is 3.31. The highest BCUT2D eigenvalue weighted by atomic mass is 16.6. The molecule has 3 aromatic heterocycles. The van der Waals surface area contributed by atoms with E-state index in [4.69, 9.17) is 9.47 Å². The minimum absolute atomic E-state index is 0.376. The largest absolute Gasteiger partial charge is 0.473 e. The van der Waals surface area contributed by atoms with E-state index in [1.54, 1.807) is 12.1 Å². The van der Waals surface area contributed by atoms with Gasteiger partial charge in [-0.15, -0.1) is 0 Å². The predicted octanol–water partition coefficient (Wildman–Crippen LogP) is 5.74. The number of ether oxygens (including phenoxy) is 2. The molecule has 0 aliphatic rings. The number of carbonyl (C=O) groups excluding carboxylic acids is 1. The first-order chi connectivity index (χ1) is 15.2. The van der Waals surface area contributed by atoms with Gasteiger partial charge in [-0.25, -0.2) is 14.3 Å². The molecule has 7 nitrogen and oxygen atoms in total. The number of imidazole rings is 1. The predicted molar refractivity (Wildman–Crippen MR) is 125 cm³/mol. The number of nitrogens with zero attached hydrogens (tertiary/aromatic N) is 3. The van der Waals surface area contributed by atoms with Crippen LogP contribution < -0.4 is 4.74 Å². The maximum Gasteiger partial charge on any atom is 0.420 e. The summed E-state index contributed by atoms with van der Waals surface area (Å²) < 4.78 is 13.0. The fourth-order valence-corrected chi connectivity index (χ4v) is 3.37. The highest BCUT2D eigenvalue weighted by molar-refractivity contribution is 5.94. The second kappa shape index (κ2) is 8.34. The van der Waals surface area contributed by atoms with Gasteiger partial charge in [-0.1, -0.05) is 36.9 Å². The molecule has 4 rings (SSSR count). The molecule has 0 fully saturated rings. The topological polar surface area (TPSA) is 82.0 Å². The number of benzene rings is 1. The van der Waals surface area contributed by atoms with Crippen molar-refractivity contribution < 1.29 is 14.3 Å². The Bertz CT molecular complexity index is 1280. The molecule has 7 heteroatoms. The molecule has 0 bridgehead atoms. The summed E-state index contributed by atoms with van der Waals surface area (Å²) >= 11 is 0.